The molecule has 0 aromatic carbocycles. The Morgan fingerprint density at radius 1 is 0.707 bits per heavy atom. The maximum atomic E-state index is 13.0. The Hall–Kier alpha value is -1.15. The third kappa shape index (κ3) is 16.3. The van der Waals surface area contributed by atoms with Gasteiger partial charge in [0.1, 0.15) is 25.9 Å². The van der Waals surface area contributed by atoms with Crippen LogP contribution in [0.1, 0.15) is 62.3 Å². The molecule has 0 radical (unpaired) electrons. The molecule has 0 spiro atoms. The average Bonchev–Trinajstić information content (AvgIpc) is 2.78. The summed E-state index contributed by atoms with van der Waals surface area (Å²) in [5, 5.41) is -0.500. The van der Waals surface area contributed by atoms with Crippen LogP contribution < -0.4 is 9.47 Å². The van der Waals surface area contributed by atoms with E-state index in [0.717, 1.165) is 6.26 Å². The fourth-order valence-corrected chi connectivity index (χ4v) is 7.22. The molecular weight excluding hydrogens is 602 g/mol. The van der Waals surface area contributed by atoms with E-state index >= 15 is 0 Å². The van der Waals surface area contributed by atoms with Gasteiger partial charge in [-0.1, -0.05) is 0 Å². The van der Waals surface area contributed by atoms with Crippen molar-refractivity contribution in [3.8, 4) is 11.8 Å². The van der Waals surface area contributed by atoms with Gasteiger partial charge in [-0.2, -0.15) is 9.97 Å². The highest BCUT2D eigenvalue weighted by molar-refractivity contribution is 7.90. The monoisotopic (exact) mass is 648 g/mol. The lowest BCUT2D eigenvalue weighted by Gasteiger charge is -2.24. The molecule has 0 aliphatic rings. The van der Waals surface area contributed by atoms with Crippen molar-refractivity contribution >= 4 is 25.0 Å². The zero-order valence-electron chi connectivity index (χ0n) is 25.6. The second-order valence-corrected chi connectivity index (χ2v) is 16.0. The summed E-state index contributed by atoms with van der Waals surface area (Å²) >= 11 is 0. The molecule has 14 nitrogen and oxygen atoms in total. The molecular formula is C24H46N2O12P2S. The lowest BCUT2D eigenvalue weighted by molar-refractivity contribution is 0.0354. The summed E-state index contributed by atoms with van der Waals surface area (Å²) < 4.78 is 94.0. The molecule has 1 atom stereocenters. The highest BCUT2D eigenvalue weighted by Crippen LogP contribution is 2.51. The van der Waals surface area contributed by atoms with Gasteiger partial charge in [-0.25, -0.2) is 8.42 Å². The van der Waals surface area contributed by atoms with Crippen molar-refractivity contribution in [3.05, 3.63) is 6.07 Å². The van der Waals surface area contributed by atoms with E-state index in [1.165, 1.54) is 6.07 Å². The van der Waals surface area contributed by atoms with Crippen molar-refractivity contribution in [1.82, 2.24) is 9.97 Å². The van der Waals surface area contributed by atoms with E-state index in [1.807, 2.05) is 0 Å². The predicted octanol–water partition coefficient (Wildman–Crippen LogP) is 5.06. The van der Waals surface area contributed by atoms with Gasteiger partial charge in [0, 0.05) is 6.26 Å². The molecule has 240 valence electrons. The Balaban J connectivity index is 2.79. The van der Waals surface area contributed by atoms with Crippen LogP contribution in [0.25, 0.3) is 0 Å². The molecule has 0 fully saturated rings. The van der Waals surface area contributed by atoms with Gasteiger partial charge in [0.25, 0.3) is 5.16 Å². The van der Waals surface area contributed by atoms with Gasteiger partial charge in [-0.3, -0.25) is 9.13 Å². The Labute approximate surface area is 244 Å². The molecule has 0 N–H and O–H groups in total. The summed E-state index contributed by atoms with van der Waals surface area (Å²) in [6, 6.07) is 1.31. The van der Waals surface area contributed by atoms with Crippen LogP contribution in [-0.4, -0.2) is 87.7 Å². The summed E-state index contributed by atoms with van der Waals surface area (Å²) in [5.74, 6) is -0.153. The molecule has 0 aliphatic carbocycles. The summed E-state index contributed by atoms with van der Waals surface area (Å²) in [5.41, 5.74) is 0. The van der Waals surface area contributed by atoms with Crippen molar-refractivity contribution in [3.63, 3.8) is 0 Å². The van der Waals surface area contributed by atoms with Crippen molar-refractivity contribution in [1.29, 1.82) is 0 Å². The Morgan fingerprint density at radius 3 is 1.59 bits per heavy atom. The SMILES string of the molecule is CC(C)OP(=O)(COCCOc1cc(OC[C@@H](C)OCP(=O)(OC(C)C)OC(C)C)nc(S(C)(=O)=O)n1)OC(C)C. The van der Waals surface area contributed by atoms with Crippen molar-refractivity contribution in [2.45, 2.75) is 98.0 Å². The van der Waals surface area contributed by atoms with Crippen LogP contribution >= 0.6 is 15.2 Å². The Bertz CT molecular complexity index is 1100. The number of ether oxygens (including phenoxy) is 4. The smallest absolute Gasteiger partial charge is 0.356 e. The topological polar surface area (TPSA) is 168 Å². The normalized spacial score (nSPS) is 13.9. The first-order valence-corrected chi connectivity index (χ1v) is 18.6. The minimum absolute atomic E-state index is 0.0108. The Morgan fingerprint density at radius 2 is 1.15 bits per heavy atom. The van der Waals surface area contributed by atoms with Crippen molar-refractivity contribution in [2.75, 3.05) is 38.8 Å². The molecule has 0 unspecified atom stereocenters. The van der Waals surface area contributed by atoms with E-state index in [1.54, 1.807) is 62.3 Å². The largest absolute Gasteiger partial charge is 0.475 e. The van der Waals surface area contributed by atoms with E-state index in [-0.39, 0.29) is 68.7 Å². The van der Waals surface area contributed by atoms with Crippen LogP contribution in [0, 0.1) is 0 Å². The predicted molar refractivity (Wildman–Crippen MR) is 152 cm³/mol. The van der Waals surface area contributed by atoms with E-state index < -0.39 is 36.3 Å². The maximum Gasteiger partial charge on any atom is 0.356 e. The van der Waals surface area contributed by atoms with Gasteiger partial charge in [0.15, 0.2) is 0 Å². The van der Waals surface area contributed by atoms with Crippen molar-refractivity contribution in [2.24, 2.45) is 0 Å². The first-order chi connectivity index (χ1) is 18.8. The number of sulfone groups is 1. The van der Waals surface area contributed by atoms with Gasteiger partial charge in [0.2, 0.25) is 21.6 Å². The molecule has 0 bridgehead atoms. The molecule has 0 saturated carbocycles. The minimum atomic E-state index is -3.80. The number of hydrogen-bond donors (Lipinski definition) is 0. The van der Waals surface area contributed by atoms with Crippen LogP contribution in [-0.2, 0) is 46.5 Å². The molecule has 17 heteroatoms. The standard InChI is InChI=1S/C24H46N2O12P2S/c1-17(2)35-39(27,36-18(3)4)15-31-11-12-32-22-13-23(26-24(25-22)41(10,29)30)33-14-21(9)34-16-40(28,37-19(5)6)38-20(7)8/h13,17-21H,11-12,14-16H2,1-10H3/t21-/m1/s1. The van der Waals surface area contributed by atoms with Crippen LogP contribution in [0.2, 0.25) is 0 Å². The van der Waals surface area contributed by atoms with Gasteiger partial charge < -0.3 is 37.0 Å². The van der Waals surface area contributed by atoms with Crippen LogP contribution in [0.15, 0.2) is 11.2 Å². The first kappa shape index (κ1) is 37.9. The van der Waals surface area contributed by atoms with Gasteiger partial charge in [-0.05, 0) is 62.3 Å². The minimum Gasteiger partial charge on any atom is -0.475 e. The zero-order chi connectivity index (χ0) is 31.4. The summed E-state index contributed by atoms with van der Waals surface area (Å²) in [6.45, 7) is 15.5. The maximum absolute atomic E-state index is 13.0. The Kier molecular flexibility index (Phi) is 15.9. The molecule has 0 amide bonds. The molecule has 1 aromatic rings. The van der Waals surface area contributed by atoms with E-state index in [2.05, 4.69) is 9.97 Å². The van der Waals surface area contributed by atoms with Crippen molar-refractivity contribution < 1.29 is 54.6 Å². The van der Waals surface area contributed by atoms with Gasteiger partial charge in [0.05, 0.1) is 43.2 Å². The number of rotatable bonds is 21. The first-order valence-electron chi connectivity index (χ1n) is 13.3. The number of nitrogens with zero attached hydrogens (tertiary/aromatic N) is 2. The second kappa shape index (κ2) is 17.2. The highest BCUT2D eigenvalue weighted by atomic mass is 32.2. The molecule has 1 rings (SSSR count). The summed E-state index contributed by atoms with van der Waals surface area (Å²) in [4.78, 5) is 7.85. The molecule has 1 heterocycles. The van der Waals surface area contributed by atoms with E-state index in [9.17, 15) is 17.5 Å². The van der Waals surface area contributed by atoms with Crippen LogP contribution in [0.5, 0.6) is 11.8 Å². The third-order valence-corrected chi connectivity index (χ3v) is 8.97. The van der Waals surface area contributed by atoms with Crippen LogP contribution in [0.4, 0.5) is 0 Å². The average molecular weight is 649 g/mol. The van der Waals surface area contributed by atoms with Crippen LogP contribution in [0.3, 0.4) is 0 Å². The number of aromatic nitrogens is 2. The molecule has 0 saturated heterocycles. The van der Waals surface area contributed by atoms with Gasteiger partial charge in [-0.15, -0.1) is 0 Å². The number of hydrogen-bond acceptors (Lipinski definition) is 14. The van der Waals surface area contributed by atoms with E-state index in [4.69, 9.17) is 37.0 Å². The highest BCUT2D eigenvalue weighted by Gasteiger charge is 2.30. The lowest BCUT2D eigenvalue weighted by atomic mass is 10.4. The fourth-order valence-electron chi connectivity index (χ4n) is 3.00. The summed E-state index contributed by atoms with van der Waals surface area (Å²) in [7, 11) is -10.8. The van der Waals surface area contributed by atoms with Gasteiger partial charge >= 0.3 is 15.2 Å². The third-order valence-electron chi connectivity index (χ3n) is 4.19. The molecule has 1 aromatic heterocycles. The summed E-state index contributed by atoms with van der Waals surface area (Å²) in [6.07, 6.45) is -1.53. The molecule has 41 heavy (non-hydrogen) atoms. The molecule has 0 aliphatic heterocycles. The quantitative estimate of drug-likeness (QED) is 0.0985. The zero-order valence-corrected chi connectivity index (χ0v) is 28.2. The lowest BCUT2D eigenvalue weighted by Crippen LogP contribution is -2.21. The second-order valence-electron chi connectivity index (χ2n) is 10.2. The fraction of sp³-hybridized carbons (Fsp3) is 0.833. The van der Waals surface area contributed by atoms with E-state index in [0.29, 0.717) is 0 Å².